The number of benzene rings is 2. The number of nitrogens with one attached hydrogen (secondary N) is 1. The largest absolute Gasteiger partial charge is 0.497 e. The number of carbonyl (C=O) groups is 3. The lowest BCUT2D eigenvalue weighted by molar-refractivity contribution is -0.123. The van der Waals surface area contributed by atoms with Crippen LogP contribution in [0.3, 0.4) is 0 Å². The minimum Gasteiger partial charge on any atom is -0.497 e. The highest BCUT2D eigenvalue weighted by molar-refractivity contribution is 9.12. The van der Waals surface area contributed by atoms with Crippen molar-refractivity contribution < 1.29 is 23.9 Å². The normalized spacial score (nSPS) is 29.9. The highest BCUT2D eigenvalue weighted by atomic mass is 79.9. The third-order valence-electron chi connectivity index (χ3n) is 7.03. The van der Waals surface area contributed by atoms with Crippen LogP contribution in [-0.4, -0.2) is 41.6 Å². The molecule has 5 rings (SSSR count). The molecule has 2 saturated carbocycles. The number of fused-ring (bicyclic) bond motifs is 5. The molecule has 33 heavy (non-hydrogen) atoms. The van der Waals surface area contributed by atoms with Crippen LogP contribution in [0, 0.1) is 23.7 Å². The Morgan fingerprint density at radius 1 is 0.970 bits per heavy atom. The first-order valence-corrected chi connectivity index (χ1v) is 12.5. The molecular formula is C24H22Br2N2O5. The minimum absolute atomic E-state index is 0.104. The summed E-state index contributed by atoms with van der Waals surface area (Å²) in [6, 6.07) is 11.8. The first kappa shape index (κ1) is 22.4. The van der Waals surface area contributed by atoms with E-state index in [4.69, 9.17) is 9.47 Å². The van der Waals surface area contributed by atoms with Crippen molar-refractivity contribution in [2.45, 2.75) is 16.1 Å². The van der Waals surface area contributed by atoms with Crippen molar-refractivity contribution in [2.75, 3.05) is 24.4 Å². The fourth-order valence-corrected chi connectivity index (χ4v) is 7.42. The summed E-state index contributed by atoms with van der Waals surface area (Å²) >= 11 is 7.41. The standard InChI is InChI=1S/C24H22Br2N2O5/c1-32-11-7-8-17(33-2)15(9-11)27-22(29)12-5-3-4-6-16(12)28-23(30)18-13-10-14(19(18)24(28)31)21(26)20(13)25/h3-9,13-14,18-21H,10H2,1-2H3,(H,27,29)/t13-,14-,18-,19-,20+,21+/m1/s1. The molecule has 3 amide bonds. The van der Waals surface area contributed by atoms with Crippen LogP contribution < -0.4 is 19.7 Å². The van der Waals surface area contributed by atoms with E-state index in [0.717, 1.165) is 6.42 Å². The SMILES string of the molecule is COc1ccc(OC)c(NC(=O)c2ccccc2N2C(=O)[C@@H]3[C@H]4C[C@@H]([C@H](Br)[C@H]4Br)[C@H]3C2=O)c1. The molecule has 0 unspecified atom stereocenters. The lowest BCUT2D eigenvalue weighted by Gasteiger charge is -2.28. The molecule has 3 aliphatic rings. The second kappa shape index (κ2) is 8.43. The Kier molecular flexibility index (Phi) is 5.73. The molecular weight excluding hydrogens is 556 g/mol. The van der Waals surface area contributed by atoms with Crippen molar-refractivity contribution in [3.05, 3.63) is 48.0 Å². The van der Waals surface area contributed by atoms with Gasteiger partial charge in [0.2, 0.25) is 11.8 Å². The third kappa shape index (κ3) is 3.39. The molecule has 0 aromatic heterocycles. The Morgan fingerprint density at radius 3 is 2.21 bits per heavy atom. The molecule has 2 bridgehead atoms. The summed E-state index contributed by atoms with van der Waals surface area (Å²) in [5.41, 5.74) is 0.968. The number of anilines is 2. The van der Waals surface area contributed by atoms with Crippen molar-refractivity contribution in [3.63, 3.8) is 0 Å². The summed E-state index contributed by atoms with van der Waals surface area (Å²) in [6.45, 7) is 0. The van der Waals surface area contributed by atoms with E-state index < -0.39 is 5.91 Å². The van der Waals surface area contributed by atoms with Gasteiger partial charge in [0.05, 0.1) is 43.0 Å². The number of ether oxygens (including phenoxy) is 2. The van der Waals surface area contributed by atoms with Crippen LogP contribution in [0.25, 0.3) is 0 Å². The number of imide groups is 1. The number of alkyl halides is 2. The van der Waals surface area contributed by atoms with Crippen LogP contribution in [0.15, 0.2) is 42.5 Å². The average molecular weight is 578 g/mol. The average Bonchev–Trinajstić information content (AvgIpc) is 3.43. The van der Waals surface area contributed by atoms with E-state index in [1.165, 1.54) is 19.1 Å². The third-order valence-corrected chi connectivity index (χ3v) is 10.2. The molecule has 0 spiro atoms. The van der Waals surface area contributed by atoms with E-state index in [1.54, 1.807) is 42.5 Å². The van der Waals surface area contributed by atoms with Gasteiger partial charge in [0.1, 0.15) is 11.5 Å². The van der Waals surface area contributed by atoms with Crippen LogP contribution in [0.1, 0.15) is 16.8 Å². The van der Waals surface area contributed by atoms with E-state index in [1.807, 2.05) is 0 Å². The van der Waals surface area contributed by atoms with E-state index in [-0.39, 0.29) is 50.7 Å². The molecule has 172 valence electrons. The first-order valence-electron chi connectivity index (χ1n) is 10.7. The maximum absolute atomic E-state index is 13.5. The summed E-state index contributed by atoms with van der Waals surface area (Å²) in [6.07, 6.45) is 0.851. The molecule has 1 N–H and O–H groups in total. The van der Waals surface area contributed by atoms with Gasteiger partial charge in [-0.25, -0.2) is 4.90 Å². The highest BCUT2D eigenvalue weighted by Gasteiger charge is 2.66. The molecule has 3 fully saturated rings. The van der Waals surface area contributed by atoms with Gasteiger partial charge in [-0.05, 0) is 42.5 Å². The van der Waals surface area contributed by atoms with E-state index in [0.29, 0.717) is 22.9 Å². The van der Waals surface area contributed by atoms with E-state index in [2.05, 4.69) is 37.2 Å². The second-order valence-corrected chi connectivity index (χ2v) is 10.7. The smallest absolute Gasteiger partial charge is 0.257 e. The lowest BCUT2D eigenvalue weighted by Crippen LogP contribution is -2.37. The summed E-state index contributed by atoms with van der Waals surface area (Å²) in [4.78, 5) is 41.7. The Morgan fingerprint density at radius 2 is 1.61 bits per heavy atom. The molecule has 1 aliphatic heterocycles. The number of hydrogen-bond donors (Lipinski definition) is 1. The predicted molar refractivity (Wildman–Crippen MR) is 130 cm³/mol. The zero-order chi connectivity index (χ0) is 23.4. The summed E-state index contributed by atoms with van der Waals surface area (Å²) < 4.78 is 10.6. The van der Waals surface area contributed by atoms with Gasteiger partial charge in [0.15, 0.2) is 0 Å². The molecule has 1 heterocycles. The number of amides is 3. The molecule has 2 aromatic rings. The van der Waals surface area contributed by atoms with Gasteiger partial charge >= 0.3 is 0 Å². The summed E-state index contributed by atoms with van der Waals surface area (Å²) in [7, 11) is 3.04. The Bertz CT molecular complexity index is 1120. The fourth-order valence-electron chi connectivity index (χ4n) is 5.55. The maximum Gasteiger partial charge on any atom is 0.257 e. The Labute approximate surface area is 208 Å². The molecule has 2 aliphatic carbocycles. The van der Waals surface area contributed by atoms with Gasteiger partial charge in [-0.1, -0.05) is 44.0 Å². The lowest BCUT2D eigenvalue weighted by atomic mass is 9.81. The highest BCUT2D eigenvalue weighted by Crippen LogP contribution is 2.60. The fraction of sp³-hybridized carbons (Fsp3) is 0.375. The van der Waals surface area contributed by atoms with Gasteiger partial charge in [-0.2, -0.15) is 0 Å². The van der Waals surface area contributed by atoms with E-state index >= 15 is 0 Å². The van der Waals surface area contributed by atoms with Crippen LogP contribution in [0.2, 0.25) is 0 Å². The Hall–Kier alpha value is -2.39. The van der Waals surface area contributed by atoms with Gasteiger partial charge < -0.3 is 14.8 Å². The maximum atomic E-state index is 13.5. The van der Waals surface area contributed by atoms with Gasteiger partial charge in [-0.15, -0.1) is 0 Å². The zero-order valence-corrected chi connectivity index (χ0v) is 21.1. The molecule has 7 nitrogen and oxygen atoms in total. The van der Waals surface area contributed by atoms with Crippen molar-refractivity contribution in [1.82, 2.24) is 0 Å². The monoisotopic (exact) mass is 576 g/mol. The van der Waals surface area contributed by atoms with Crippen LogP contribution >= 0.6 is 31.9 Å². The number of carbonyl (C=O) groups excluding carboxylic acids is 3. The Balaban J connectivity index is 1.48. The van der Waals surface area contributed by atoms with Crippen LogP contribution in [0.4, 0.5) is 11.4 Å². The summed E-state index contributed by atoms with van der Waals surface area (Å²) in [5, 5.41) is 2.83. The topological polar surface area (TPSA) is 84.9 Å². The van der Waals surface area contributed by atoms with Crippen molar-refractivity contribution in [2.24, 2.45) is 23.7 Å². The van der Waals surface area contributed by atoms with Crippen LogP contribution in [-0.2, 0) is 9.59 Å². The number of para-hydroxylation sites is 1. The molecule has 0 radical (unpaired) electrons. The minimum atomic E-state index is -0.450. The molecule has 1 saturated heterocycles. The summed E-state index contributed by atoms with van der Waals surface area (Å²) in [5.74, 6) is -0.365. The van der Waals surface area contributed by atoms with Crippen molar-refractivity contribution in [3.8, 4) is 11.5 Å². The van der Waals surface area contributed by atoms with Gasteiger partial charge in [0.25, 0.3) is 5.91 Å². The number of hydrogen-bond acceptors (Lipinski definition) is 5. The molecule has 6 atom stereocenters. The second-order valence-electron chi connectivity index (χ2n) is 8.55. The first-order chi connectivity index (χ1) is 15.9. The van der Waals surface area contributed by atoms with E-state index in [9.17, 15) is 14.4 Å². The molecule has 2 aromatic carbocycles. The number of methoxy groups -OCH3 is 2. The predicted octanol–water partition coefficient (Wildman–Crippen LogP) is 4.24. The van der Waals surface area contributed by atoms with Crippen LogP contribution in [0.5, 0.6) is 11.5 Å². The number of nitrogens with zero attached hydrogens (tertiary/aromatic N) is 1. The quantitative estimate of drug-likeness (QED) is 0.424. The van der Waals surface area contributed by atoms with Crippen molar-refractivity contribution in [1.29, 1.82) is 0 Å². The van der Waals surface area contributed by atoms with Crippen molar-refractivity contribution >= 4 is 61.0 Å². The zero-order valence-electron chi connectivity index (χ0n) is 18.0. The number of halogens is 2. The molecule has 9 heteroatoms. The van der Waals surface area contributed by atoms with Gasteiger partial charge in [0, 0.05) is 15.7 Å². The number of rotatable bonds is 5. The van der Waals surface area contributed by atoms with Gasteiger partial charge in [-0.3, -0.25) is 14.4 Å².